The van der Waals surface area contributed by atoms with Gasteiger partial charge in [0.05, 0.1) is 11.5 Å². The lowest BCUT2D eigenvalue weighted by molar-refractivity contribution is -0.117. The first-order chi connectivity index (χ1) is 22.7. The van der Waals surface area contributed by atoms with E-state index >= 15 is 0 Å². The number of allylic oxidation sites excluding steroid dienone is 2. The molecule has 1 amide bonds. The Morgan fingerprint density at radius 3 is 2.06 bits per heavy atom. The number of benzene rings is 4. The standard InChI is InChI=1S/C43H48ClNO3/c1-28-26-36(44)22-25-38(28)32-18-23-37(24-19-32)45-40(46)39(27-29-8-10-34(11-9-29)41(47)48-43(5,6)7)33-14-12-30(13-15-33)31-16-20-35(21-17-31)42(2,3)4/h8-16,18-19,22-26,35,39H,17,20-21,27H2,1-7H3,(H,45,46)/t35-,39+/m0/s1. The summed E-state index contributed by atoms with van der Waals surface area (Å²) in [6.07, 6.45) is 6.25. The van der Waals surface area contributed by atoms with Crippen LogP contribution in [0.4, 0.5) is 5.69 Å². The molecule has 2 atom stereocenters. The molecular weight excluding hydrogens is 614 g/mol. The third-order valence-corrected chi connectivity index (χ3v) is 9.55. The number of ether oxygens (including phenoxy) is 1. The van der Waals surface area contributed by atoms with Gasteiger partial charge in [-0.25, -0.2) is 4.79 Å². The summed E-state index contributed by atoms with van der Waals surface area (Å²) >= 11 is 6.17. The van der Waals surface area contributed by atoms with Crippen LogP contribution in [0.3, 0.4) is 0 Å². The van der Waals surface area contributed by atoms with Gasteiger partial charge in [-0.3, -0.25) is 4.79 Å². The van der Waals surface area contributed by atoms with Crippen molar-refractivity contribution in [2.75, 3.05) is 5.32 Å². The predicted molar refractivity (Wildman–Crippen MR) is 200 cm³/mol. The summed E-state index contributed by atoms with van der Waals surface area (Å²) in [6.45, 7) is 14.6. The zero-order valence-corrected chi connectivity index (χ0v) is 30.1. The predicted octanol–water partition coefficient (Wildman–Crippen LogP) is 11.5. The van der Waals surface area contributed by atoms with Gasteiger partial charge in [0, 0.05) is 10.7 Å². The Hall–Kier alpha value is -4.15. The molecule has 4 nitrogen and oxygen atoms in total. The van der Waals surface area contributed by atoms with E-state index in [-0.39, 0.29) is 11.9 Å². The number of aryl methyl sites for hydroxylation is 1. The van der Waals surface area contributed by atoms with Crippen molar-refractivity contribution in [3.8, 4) is 11.1 Å². The Labute approximate surface area is 291 Å². The van der Waals surface area contributed by atoms with Crippen molar-refractivity contribution in [1.82, 2.24) is 0 Å². The van der Waals surface area contributed by atoms with Crippen LogP contribution >= 0.6 is 11.6 Å². The molecule has 1 aliphatic rings. The number of rotatable bonds is 8. The first-order valence-corrected chi connectivity index (χ1v) is 17.3. The second-order valence-electron chi connectivity index (χ2n) is 15.2. The van der Waals surface area contributed by atoms with E-state index in [2.05, 4.69) is 56.4 Å². The van der Waals surface area contributed by atoms with Crippen LogP contribution in [0, 0.1) is 18.3 Å². The minimum absolute atomic E-state index is 0.0840. The molecular formula is C43H48ClNO3. The number of carbonyl (C=O) groups is 2. The fraction of sp³-hybridized carbons (Fsp3) is 0.349. The number of carbonyl (C=O) groups excluding carboxylic acids is 2. The van der Waals surface area contributed by atoms with Crippen LogP contribution < -0.4 is 5.32 Å². The van der Waals surface area contributed by atoms with E-state index in [0.717, 1.165) is 46.3 Å². The van der Waals surface area contributed by atoms with Gasteiger partial charge in [-0.15, -0.1) is 0 Å². The maximum Gasteiger partial charge on any atom is 0.338 e. The van der Waals surface area contributed by atoms with E-state index < -0.39 is 11.5 Å². The van der Waals surface area contributed by atoms with Gasteiger partial charge < -0.3 is 10.1 Å². The van der Waals surface area contributed by atoms with Gasteiger partial charge in [0.1, 0.15) is 5.60 Å². The average molecular weight is 662 g/mol. The molecule has 0 aliphatic heterocycles. The fourth-order valence-electron chi connectivity index (χ4n) is 6.44. The molecule has 0 aromatic heterocycles. The summed E-state index contributed by atoms with van der Waals surface area (Å²) < 4.78 is 5.54. The SMILES string of the molecule is Cc1cc(Cl)ccc1-c1ccc(NC(=O)[C@H](Cc2ccc(C(=O)OC(C)(C)C)cc2)c2ccc(C3=CC[C@H](C(C)(C)C)CC3)cc2)cc1. The van der Waals surface area contributed by atoms with E-state index in [1.807, 2.05) is 82.3 Å². The third kappa shape index (κ3) is 9.05. The molecule has 5 heteroatoms. The van der Waals surface area contributed by atoms with Crippen molar-refractivity contribution < 1.29 is 14.3 Å². The van der Waals surface area contributed by atoms with Crippen LogP contribution in [-0.2, 0) is 16.0 Å². The number of hydrogen-bond acceptors (Lipinski definition) is 3. The lowest BCUT2D eigenvalue weighted by atomic mass is 9.72. The molecule has 0 heterocycles. The van der Waals surface area contributed by atoms with Crippen LogP contribution in [0.5, 0.6) is 0 Å². The molecule has 4 aromatic carbocycles. The second-order valence-corrected chi connectivity index (χ2v) is 15.6. The van der Waals surface area contributed by atoms with Gasteiger partial charge in [0.2, 0.25) is 5.91 Å². The molecule has 0 saturated carbocycles. The van der Waals surface area contributed by atoms with Gasteiger partial charge in [-0.2, -0.15) is 0 Å². The molecule has 1 aliphatic carbocycles. The Kier molecular flexibility index (Phi) is 10.7. The zero-order chi connectivity index (χ0) is 34.6. The van der Waals surface area contributed by atoms with Gasteiger partial charge in [-0.1, -0.05) is 93.0 Å². The molecule has 0 spiro atoms. The smallest absolute Gasteiger partial charge is 0.338 e. The third-order valence-electron chi connectivity index (χ3n) is 9.32. The maximum atomic E-state index is 14.0. The summed E-state index contributed by atoms with van der Waals surface area (Å²) in [4.78, 5) is 26.6. The van der Waals surface area contributed by atoms with E-state index in [1.165, 1.54) is 17.6 Å². The van der Waals surface area contributed by atoms with Crippen molar-refractivity contribution in [3.05, 3.63) is 130 Å². The molecule has 0 fully saturated rings. The monoisotopic (exact) mass is 661 g/mol. The van der Waals surface area contributed by atoms with E-state index in [0.29, 0.717) is 28.3 Å². The molecule has 250 valence electrons. The van der Waals surface area contributed by atoms with Gasteiger partial charge in [0.15, 0.2) is 0 Å². The summed E-state index contributed by atoms with van der Waals surface area (Å²) in [5.41, 5.74) is 8.74. The van der Waals surface area contributed by atoms with Gasteiger partial charge in [-0.05, 0) is 140 Å². The molecule has 1 N–H and O–H groups in total. The summed E-state index contributed by atoms with van der Waals surface area (Å²) in [5.74, 6) is -0.184. The highest BCUT2D eigenvalue weighted by molar-refractivity contribution is 6.30. The highest BCUT2D eigenvalue weighted by atomic mass is 35.5. The number of esters is 1. The second kappa shape index (κ2) is 14.5. The van der Waals surface area contributed by atoms with Crippen molar-refractivity contribution in [3.63, 3.8) is 0 Å². The summed E-state index contributed by atoms with van der Waals surface area (Å²) in [7, 11) is 0. The zero-order valence-electron chi connectivity index (χ0n) is 29.3. The normalized spacial score (nSPS) is 15.8. The molecule has 4 aromatic rings. The largest absolute Gasteiger partial charge is 0.456 e. The van der Waals surface area contributed by atoms with Crippen LogP contribution in [0.2, 0.25) is 5.02 Å². The van der Waals surface area contributed by atoms with Crippen LogP contribution in [0.25, 0.3) is 16.7 Å². The molecule has 0 saturated heterocycles. The van der Waals surface area contributed by atoms with Crippen LogP contribution in [0.15, 0.2) is 97.1 Å². The van der Waals surface area contributed by atoms with Crippen LogP contribution in [-0.4, -0.2) is 17.5 Å². The minimum Gasteiger partial charge on any atom is -0.456 e. The lowest BCUT2D eigenvalue weighted by Crippen LogP contribution is -2.24. The molecule has 48 heavy (non-hydrogen) atoms. The minimum atomic E-state index is -0.571. The van der Waals surface area contributed by atoms with E-state index in [4.69, 9.17) is 16.3 Å². The molecule has 0 bridgehead atoms. The molecule has 5 rings (SSSR count). The number of amides is 1. The van der Waals surface area contributed by atoms with Crippen molar-refractivity contribution in [2.45, 2.75) is 85.7 Å². The quantitative estimate of drug-likeness (QED) is 0.191. The highest BCUT2D eigenvalue weighted by Gasteiger charge is 2.27. The average Bonchev–Trinajstić information content (AvgIpc) is 3.03. The lowest BCUT2D eigenvalue weighted by Gasteiger charge is -2.33. The number of halogens is 1. The first-order valence-electron chi connectivity index (χ1n) is 17.0. The fourth-order valence-corrected chi connectivity index (χ4v) is 6.66. The Balaban J connectivity index is 1.37. The topological polar surface area (TPSA) is 55.4 Å². The van der Waals surface area contributed by atoms with Crippen molar-refractivity contribution in [2.24, 2.45) is 11.3 Å². The number of nitrogens with one attached hydrogen (secondary N) is 1. The van der Waals surface area contributed by atoms with E-state index in [1.54, 1.807) is 12.1 Å². The Morgan fingerprint density at radius 1 is 0.854 bits per heavy atom. The molecule has 0 radical (unpaired) electrons. The van der Waals surface area contributed by atoms with E-state index in [9.17, 15) is 9.59 Å². The first kappa shape index (κ1) is 35.2. The van der Waals surface area contributed by atoms with Crippen molar-refractivity contribution >= 4 is 34.7 Å². The summed E-state index contributed by atoms with van der Waals surface area (Å²) in [5, 5.41) is 3.88. The maximum absolute atomic E-state index is 14.0. The number of anilines is 1. The van der Waals surface area contributed by atoms with Crippen LogP contribution in [0.1, 0.15) is 99.3 Å². The number of hydrogen-bond donors (Lipinski definition) is 1. The van der Waals surface area contributed by atoms with Gasteiger partial charge in [0.25, 0.3) is 0 Å². The summed E-state index contributed by atoms with van der Waals surface area (Å²) in [6, 6.07) is 29.7. The van der Waals surface area contributed by atoms with Gasteiger partial charge >= 0.3 is 5.97 Å². The Morgan fingerprint density at radius 2 is 1.50 bits per heavy atom. The molecule has 0 unspecified atom stereocenters. The Bertz CT molecular complexity index is 1770. The van der Waals surface area contributed by atoms with Crippen molar-refractivity contribution in [1.29, 1.82) is 0 Å². The highest BCUT2D eigenvalue weighted by Crippen LogP contribution is 2.40.